The third kappa shape index (κ3) is 10.9. The standard InChI is InChI=1S/C43H50N10O3/c1-28-10-12-31(13-11-28)49-39(23-37(44)43(2,3)4)52-42(55)50-34-14-15-36(33-9-7-6-8-32(33)34)56-27-30-16-19-45-38(22-30)51-40-26-46-35(25-47-40)41(54)48-24-29-17-20-53(5)21-18-29/h6-16,19,22-23,25-26,29H,17-18,20-21,24,27,44H2,1-5H3,(H,48,54)(H,45,47,51)(H2,49,50,52,55). The van der Waals surface area contributed by atoms with Gasteiger partial charge in [0, 0.05) is 40.7 Å². The zero-order valence-electron chi connectivity index (χ0n) is 32.6. The van der Waals surface area contributed by atoms with Crippen LogP contribution >= 0.6 is 0 Å². The van der Waals surface area contributed by atoms with Gasteiger partial charge in [0.2, 0.25) is 0 Å². The predicted molar refractivity (Wildman–Crippen MR) is 223 cm³/mol. The number of likely N-dealkylation sites (tertiary alicyclic amines) is 1. The number of nitrogens with one attached hydrogen (secondary N) is 4. The van der Waals surface area contributed by atoms with E-state index in [1.807, 2.05) is 100 Å². The van der Waals surface area contributed by atoms with Crippen molar-refractivity contribution in [3.8, 4) is 5.75 Å². The SMILES string of the molecule is Cc1ccc(N=C(C=C(N)C(C)(C)C)NC(=O)Nc2ccc(OCc3ccnc(Nc4cnc(C(=O)NCC5CCN(C)CC5)cn4)c3)c3ccccc23)cc1. The van der Waals surface area contributed by atoms with Crippen LogP contribution in [-0.2, 0) is 6.61 Å². The number of nitrogens with zero attached hydrogens (tertiary/aromatic N) is 5. The topological polar surface area (TPSA) is 172 Å². The Morgan fingerprint density at radius 1 is 0.946 bits per heavy atom. The Morgan fingerprint density at radius 2 is 1.70 bits per heavy atom. The third-order valence-electron chi connectivity index (χ3n) is 9.56. The van der Waals surface area contributed by atoms with Crippen LogP contribution in [0.15, 0.2) is 108 Å². The number of carbonyl (C=O) groups is 2. The molecule has 0 radical (unpaired) electrons. The van der Waals surface area contributed by atoms with E-state index >= 15 is 0 Å². The maximum absolute atomic E-state index is 13.4. The summed E-state index contributed by atoms with van der Waals surface area (Å²) in [7, 11) is 2.12. The molecule has 1 fully saturated rings. The summed E-state index contributed by atoms with van der Waals surface area (Å²) in [5.74, 6) is 2.23. The maximum atomic E-state index is 13.4. The number of allylic oxidation sites excluding steroid dienone is 1. The van der Waals surface area contributed by atoms with Crippen LogP contribution in [0.3, 0.4) is 0 Å². The lowest BCUT2D eigenvalue weighted by molar-refractivity contribution is 0.0933. The van der Waals surface area contributed by atoms with Crippen LogP contribution in [0.1, 0.15) is 55.2 Å². The summed E-state index contributed by atoms with van der Waals surface area (Å²) in [6.45, 7) is 11.0. The molecular weight excluding hydrogens is 705 g/mol. The molecule has 2 aromatic heterocycles. The average Bonchev–Trinajstić information content (AvgIpc) is 3.18. The summed E-state index contributed by atoms with van der Waals surface area (Å²) in [5.41, 5.74) is 10.2. The monoisotopic (exact) mass is 754 g/mol. The Bertz CT molecular complexity index is 2200. The van der Waals surface area contributed by atoms with E-state index in [0.29, 0.717) is 52.8 Å². The Morgan fingerprint density at radius 3 is 2.41 bits per heavy atom. The summed E-state index contributed by atoms with van der Waals surface area (Å²) in [6.07, 6.45) is 8.50. The zero-order chi connectivity index (χ0) is 39.7. The second-order valence-electron chi connectivity index (χ2n) is 15.1. The second kappa shape index (κ2) is 17.9. The molecule has 6 N–H and O–H groups in total. The molecule has 1 saturated heterocycles. The van der Waals surface area contributed by atoms with Crippen molar-refractivity contribution in [1.82, 2.24) is 30.5 Å². The Balaban J connectivity index is 1.08. The van der Waals surface area contributed by atoms with Crippen molar-refractivity contribution < 1.29 is 14.3 Å². The normalized spacial score (nSPS) is 14.3. The summed E-state index contributed by atoms with van der Waals surface area (Å²) in [5, 5.41) is 13.6. The number of fused-ring (bicyclic) bond motifs is 1. The molecule has 56 heavy (non-hydrogen) atoms. The van der Waals surface area contributed by atoms with Crippen molar-refractivity contribution in [3.05, 3.63) is 120 Å². The number of nitrogens with two attached hydrogens (primary N) is 1. The van der Waals surface area contributed by atoms with Gasteiger partial charge in [-0.3, -0.25) is 10.1 Å². The van der Waals surface area contributed by atoms with Crippen LogP contribution in [0.2, 0.25) is 0 Å². The molecule has 0 aliphatic carbocycles. The highest BCUT2D eigenvalue weighted by molar-refractivity contribution is 6.11. The number of urea groups is 1. The number of amidine groups is 1. The van der Waals surface area contributed by atoms with Gasteiger partial charge in [-0.05, 0) is 87.8 Å². The minimum Gasteiger partial charge on any atom is -0.488 e. The largest absolute Gasteiger partial charge is 0.488 e. The number of aryl methyl sites for hydroxylation is 1. The van der Waals surface area contributed by atoms with Crippen molar-refractivity contribution in [3.63, 3.8) is 0 Å². The van der Waals surface area contributed by atoms with Crippen molar-refractivity contribution in [1.29, 1.82) is 0 Å². The first kappa shape index (κ1) is 39.4. The zero-order valence-corrected chi connectivity index (χ0v) is 32.6. The predicted octanol–water partition coefficient (Wildman–Crippen LogP) is 7.47. The first-order valence-electron chi connectivity index (χ1n) is 18.8. The molecule has 0 spiro atoms. The van der Waals surface area contributed by atoms with Crippen molar-refractivity contribution in [2.45, 2.75) is 47.1 Å². The van der Waals surface area contributed by atoms with E-state index in [9.17, 15) is 9.59 Å². The van der Waals surface area contributed by atoms with Gasteiger partial charge in [-0.15, -0.1) is 0 Å². The highest BCUT2D eigenvalue weighted by Crippen LogP contribution is 2.32. The Labute approximate surface area is 327 Å². The number of benzene rings is 3. The van der Waals surface area contributed by atoms with E-state index in [2.05, 4.69) is 53.2 Å². The lowest BCUT2D eigenvalue weighted by Gasteiger charge is -2.28. The maximum Gasteiger partial charge on any atom is 0.324 e. The Hall–Kier alpha value is -6.34. The van der Waals surface area contributed by atoms with Gasteiger partial charge in [0.05, 0.1) is 23.8 Å². The molecule has 13 heteroatoms. The molecule has 3 amide bonds. The van der Waals surface area contributed by atoms with E-state index in [-0.39, 0.29) is 23.6 Å². The van der Waals surface area contributed by atoms with E-state index in [0.717, 1.165) is 47.8 Å². The molecule has 0 unspecified atom stereocenters. The number of amides is 3. The van der Waals surface area contributed by atoms with Gasteiger partial charge in [0.25, 0.3) is 5.91 Å². The van der Waals surface area contributed by atoms with Gasteiger partial charge in [0.1, 0.15) is 35.5 Å². The minimum absolute atomic E-state index is 0.230. The number of aliphatic imine (C=N–C) groups is 1. The van der Waals surface area contributed by atoms with Gasteiger partial charge in [-0.25, -0.2) is 24.7 Å². The Kier molecular flexibility index (Phi) is 12.6. The number of piperidine rings is 1. The van der Waals surface area contributed by atoms with Crippen LogP contribution in [0, 0.1) is 18.3 Å². The van der Waals surface area contributed by atoms with Gasteiger partial charge in [-0.2, -0.15) is 0 Å². The smallest absolute Gasteiger partial charge is 0.324 e. The molecule has 6 rings (SSSR count). The molecule has 0 atom stereocenters. The second-order valence-corrected chi connectivity index (χ2v) is 15.1. The highest BCUT2D eigenvalue weighted by Gasteiger charge is 2.19. The van der Waals surface area contributed by atoms with Gasteiger partial charge >= 0.3 is 6.03 Å². The molecule has 1 aliphatic heterocycles. The fourth-order valence-electron chi connectivity index (χ4n) is 6.02. The van der Waals surface area contributed by atoms with Crippen LogP contribution in [0.25, 0.3) is 10.8 Å². The van der Waals surface area contributed by atoms with E-state index in [4.69, 9.17) is 10.5 Å². The number of rotatable bonds is 11. The van der Waals surface area contributed by atoms with E-state index in [1.165, 1.54) is 12.4 Å². The summed E-state index contributed by atoms with van der Waals surface area (Å²) >= 11 is 0. The van der Waals surface area contributed by atoms with Crippen molar-refractivity contribution >= 4 is 51.6 Å². The summed E-state index contributed by atoms with van der Waals surface area (Å²) in [6, 6.07) is 22.3. The molecule has 3 heterocycles. The quantitative estimate of drug-likeness (QED) is 0.0678. The number of anilines is 3. The lowest BCUT2D eigenvalue weighted by atomic mass is 9.92. The molecule has 5 aromatic rings. The first-order chi connectivity index (χ1) is 26.9. The number of carbonyl (C=O) groups excluding carboxylic acids is 2. The van der Waals surface area contributed by atoms with Crippen LogP contribution in [0.4, 0.5) is 27.8 Å². The fourth-order valence-corrected chi connectivity index (χ4v) is 6.02. The third-order valence-corrected chi connectivity index (χ3v) is 9.56. The highest BCUT2D eigenvalue weighted by atomic mass is 16.5. The molecule has 13 nitrogen and oxygen atoms in total. The van der Waals surface area contributed by atoms with Gasteiger partial charge in [-0.1, -0.05) is 62.7 Å². The van der Waals surface area contributed by atoms with Crippen molar-refractivity contribution in [2.24, 2.45) is 22.1 Å². The number of ether oxygens (including phenoxy) is 1. The average molecular weight is 755 g/mol. The number of pyridine rings is 1. The summed E-state index contributed by atoms with van der Waals surface area (Å²) in [4.78, 5) is 46.1. The number of hydrogen-bond acceptors (Lipinski definition) is 10. The molecule has 1 aliphatic rings. The van der Waals surface area contributed by atoms with Crippen LogP contribution < -0.4 is 31.7 Å². The fraction of sp³-hybridized carbons (Fsp3) is 0.302. The van der Waals surface area contributed by atoms with Gasteiger partial charge < -0.3 is 31.3 Å². The molecular formula is C43H50N10O3. The molecule has 0 bridgehead atoms. The summed E-state index contributed by atoms with van der Waals surface area (Å²) < 4.78 is 6.30. The van der Waals surface area contributed by atoms with E-state index < -0.39 is 6.03 Å². The minimum atomic E-state index is -0.463. The number of hydrogen-bond donors (Lipinski definition) is 5. The van der Waals surface area contributed by atoms with Crippen LogP contribution in [-0.4, -0.2) is 64.3 Å². The first-order valence-corrected chi connectivity index (χ1v) is 18.8. The molecule has 3 aromatic carbocycles. The van der Waals surface area contributed by atoms with E-state index in [1.54, 1.807) is 12.3 Å². The lowest BCUT2D eigenvalue weighted by Crippen LogP contribution is -2.37. The van der Waals surface area contributed by atoms with Gasteiger partial charge in [0.15, 0.2) is 0 Å². The van der Waals surface area contributed by atoms with Crippen molar-refractivity contribution in [2.75, 3.05) is 37.3 Å². The molecule has 290 valence electrons. The van der Waals surface area contributed by atoms with Crippen LogP contribution in [0.5, 0.6) is 5.75 Å². The number of aromatic nitrogens is 3. The molecule has 0 saturated carbocycles.